The van der Waals surface area contributed by atoms with Gasteiger partial charge in [0.1, 0.15) is 5.01 Å². The van der Waals surface area contributed by atoms with Crippen LogP contribution in [0.15, 0.2) is 35.0 Å². The number of nitrogens with zero attached hydrogens (tertiary/aromatic N) is 1. The number of aromatic nitrogens is 1. The topological polar surface area (TPSA) is 50.2 Å². The SMILES string of the molecule is O=C(O)Cc1csc(-c2csc3ccccc23)n1. The zero-order valence-electron chi connectivity index (χ0n) is 9.29. The van der Waals surface area contributed by atoms with Crippen LogP contribution in [0, 0.1) is 0 Å². The fourth-order valence-corrected chi connectivity index (χ4v) is 3.68. The number of carboxylic acid groups (broad SMARTS) is 1. The molecule has 1 aromatic carbocycles. The Bertz CT molecular complexity index is 714. The Morgan fingerprint density at radius 1 is 1.22 bits per heavy atom. The summed E-state index contributed by atoms with van der Waals surface area (Å²) in [6.45, 7) is 0. The lowest BCUT2D eigenvalue weighted by atomic mass is 10.2. The normalized spacial score (nSPS) is 10.9. The van der Waals surface area contributed by atoms with Crippen molar-refractivity contribution in [2.24, 2.45) is 0 Å². The summed E-state index contributed by atoms with van der Waals surface area (Å²) in [6, 6.07) is 8.17. The molecule has 0 aliphatic heterocycles. The number of thiazole rings is 1. The lowest BCUT2D eigenvalue weighted by molar-refractivity contribution is -0.136. The predicted molar refractivity (Wildman–Crippen MR) is 74.3 cm³/mol. The molecule has 1 N–H and O–H groups in total. The van der Waals surface area contributed by atoms with Crippen molar-refractivity contribution in [3.05, 3.63) is 40.7 Å². The molecular formula is C13H9NO2S2. The minimum absolute atomic E-state index is 0.0153. The lowest BCUT2D eigenvalue weighted by Gasteiger charge is -1.93. The minimum Gasteiger partial charge on any atom is -0.481 e. The van der Waals surface area contributed by atoms with Crippen LogP contribution in [0.25, 0.3) is 20.7 Å². The number of fused-ring (bicyclic) bond motifs is 1. The number of benzene rings is 1. The van der Waals surface area contributed by atoms with Crippen molar-refractivity contribution in [1.82, 2.24) is 4.98 Å². The Hall–Kier alpha value is -1.72. The summed E-state index contributed by atoms with van der Waals surface area (Å²) in [7, 11) is 0. The summed E-state index contributed by atoms with van der Waals surface area (Å²) < 4.78 is 1.22. The van der Waals surface area contributed by atoms with Crippen molar-refractivity contribution in [3.8, 4) is 10.6 Å². The summed E-state index contributed by atoms with van der Waals surface area (Å²) >= 11 is 3.18. The van der Waals surface area contributed by atoms with E-state index in [0.717, 1.165) is 10.6 Å². The Labute approximate surface area is 111 Å². The molecule has 3 rings (SSSR count). The maximum absolute atomic E-state index is 10.6. The largest absolute Gasteiger partial charge is 0.481 e. The smallest absolute Gasteiger partial charge is 0.309 e. The molecule has 0 bridgehead atoms. The minimum atomic E-state index is -0.845. The third-order valence-electron chi connectivity index (χ3n) is 2.60. The van der Waals surface area contributed by atoms with Gasteiger partial charge in [-0.05, 0) is 6.07 Å². The second-order valence-electron chi connectivity index (χ2n) is 3.86. The number of carboxylic acids is 1. The van der Waals surface area contributed by atoms with Crippen LogP contribution in [0.1, 0.15) is 5.69 Å². The number of rotatable bonds is 3. The third-order valence-corrected chi connectivity index (χ3v) is 4.48. The molecule has 5 heteroatoms. The Morgan fingerprint density at radius 3 is 2.89 bits per heavy atom. The maximum atomic E-state index is 10.6. The number of carbonyl (C=O) groups is 1. The summed E-state index contributed by atoms with van der Waals surface area (Å²) in [4.78, 5) is 15.0. The quantitative estimate of drug-likeness (QED) is 0.793. The molecule has 0 unspecified atom stereocenters. The van der Waals surface area contributed by atoms with Gasteiger partial charge in [-0.2, -0.15) is 0 Å². The van der Waals surface area contributed by atoms with Crippen LogP contribution in [0.3, 0.4) is 0 Å². The van der Waals surface area contributed by atoms with Crippen molar-refractivity contribution < 1.29 is 9.90 Å². The highest BCUT2D eigenvalue weighted by molar-refractivity contribution is 7.18. The molecule has 0 radical (unpaired) electrons. The van der Waals surface area contributed by atoms with E-state index in [-0.39, 0.29) is 6.42 Å². The average Bonchev–Trinajstić information content (AvgIpc) is 2.94. The van der Waals surface area contributed by atoms with Gasteiger partial charge in [-0.3, -0.25) is 4.79 Å². The molecule has 0 atom stereocenters. The van der Waals surface area contributed by atoms with Crippen molar-refractivity contribution in [3.63, 3.8) is 0 Å². The lowest BCUT2D eigenvalue weighted by Crippen LogP contribution is -1.99. The van der Waals surface area contributed by atoms with Crippen molar-refractivity contribution >= 4 is 38.7 Å². The first-order valence-electron chi connectivity index (χ1n) is 5.37. The molecule has 0 aliphatic rings. The molecule has 2 heterocycles. The van der Waals surface area contributed by atoms with E-state index in [1.165, 1.54) is 21.4 Å². The summed E-state index contributed by atoms with van der Waals surface area (Å²) in [6.07, 6.45) is -0.0153. The fourth-order valence-electron chi connectivity index (χ4n) is 1.81. The molecule has 0 saturated heterocycles. The monoisotopic (exact) mass is 275 g/mol. The second kappa shape index (κ2) is 4.51. The van der Waals surface area contributed by atoms with Crippen molar-refractivity contribution in [2.45, 2.75) is 6.42 Å². The van der Waals surface area contributed by atoms with Gasteiger partial charge in [0, 0.05) is 26.4 Å². The Balaban J connectivity index is 2.04. The van der Waals surface area contributed by atoms with E-state index >= 15 is 0 Å². The molecule has 0 amide bonds. The van der Waals surface area contributed by atoms with Gasteiger partial charge in [0.2, 0.25) is 0 Å². The zero-order chi connectivity index (χ0) is 12.5. The predicted octanol–water partition coefficient (Wildman–Crippen LogP) is 3.65. The van der Waals surface area contributed by atoms with Crippen LogP contribution in [-0.2, 0) is 11.2 Å². The summed E-state index contributed by atoms with van der Waals surface area (Å²) in [5, 5.41) is 14.7. The molecule has 0 aliphatic carbocycles. The molecule has 3 nitrogen and oxygen atoms in total. The van der Waals surface area contributed by atoms with Gasteiger partial charge in [0.05, 0.1) is 12.1 Å². The summed E-state index contributed by atoms with van der Waals surface area (Å²) in [5.41, 5.74) is 1.72. The Morgan fingerprint density at radius 2 is 2.06 bits per heavy atom. The molecule has 0 fully saturated rings. The van der Waals surface area contributed by atoms with Gasteiger partial charge in [-0.1, -0.05) is 18.2 Å². The number of thiophene rings is 1. The van der Waals surface area contributed by atoms with Gasteiger partial charge in [-0.15, -0.1) is 22.7 Å². The van der Waals surface area contributed by atoms with Gasteiger partial charge in [0.25, 0.3) is 0 Å². The van der Waals surface area contributed by atoms with E-state index in [2.05, 4.69) is 22.5 Å². The Kier molecular flexibility index (Phi) is 2.85. The molecule has 18 heavy (non-hydrogen) atoms. The van der Waals surface area contributed by atoms with E-state index in [9.17, 15) is 4.79 Å². The maximum Gasteiger partial charge on any atom is 0.309 e. The first kappa shape index (κ1) is 11.4. The molecule has 3 aromatic rings. The average molecular weight is 275 g/mol. The number of hydrogen-bond acceptors (Lipinski definition) is 4. The van der Waals surface area contributed by atoms with Gasteiger partial charge in [0.15, 0.2) is 0 Å². The van der Waals surface area contributed by atoms with E-state index < -0.39 is 5.97 Å². The summed E-state index contributed by atoms with van der Waals surface area (Å²) in [5.74, 6) is -0.845. The van der Waals surface area contributed by atoms with Crippen LogP contribution in [-0.4, -0.2) is 16.1 Å². The van der Waals surface area contributed by atoms with Crippen LogP contribution in [0.4, 0.5) is 0 Å². The number of hydrogen-bond donors (Lipinski definition) is 1. The van der Waals surface area contributed by atoms with Crippen LogP contribution in [0.2, 0.25) is 0 Å². The van der Waals surface area contributed by atoms with Crippen LogP contribution >= 0.6 is 22.7 Å². The first-order chi connectivity index (χ1) is 8.74. The molecule has 90 valence electrons. The molecule has 0 spiro atoms. The van der Waals surface area contributed by atoms with Crippen LogP contribution in [0.5, 0.6) is 0 Å². The fraction of sp³-hybridized carbons (Fsp3) is 0.0769. The highest BCUT2D eigenvalue weighted by Gasteiger charge is 2.11. The zero-order valence-corrected chi connectivity index (χ0v) is 10.9. The molecule has 0 saturated carbocycles. The first-order valence-corrected chi connectivity index (χ1v) is 7.13. The molecular weight excluding hydrogens is 266 g/mol. The van der Waals surface area contributed by atoms with Crippen molar-refractivity contribution in [1.29, 1.82) is 0 Å². The van der Waals surface area contributed by atoms with Gasteiger partial charge < -0.3 is 5.11 Å². The van der Waals surface area contributed by atoms with Crippen LogP contribution < -0.4 is 0 Å². The molecule has 2 aromatic heterocycles. The van der Waals surface area contributed by atoms with Crippen molar-refractivity contribution in [2.75, 3.05) is 0 Å². The van der Waals surface area contributed by atoms with Gasteiger partial charge in [-0.25, -0.2) is 4.98 Å². The standard InChI is InChI=1S/C13H9NO2S2/c15-12(16)5-8-6-18-13(14-8)10-7-17-11-4-2-1-3-9(10)11/h1-4,6-7H,5H2,(H,15,16). The number of aliphatic carboxylic acids is 1. The highest BCUT2D eigenvalue weighted by Crippen LogP contribution is 2.35. The third kappa shape index (κ3) is 2.02. The second-order valence-corrected chi connectivity index (χ2v) is 5.63. The van der Waals surface area contributed by atoms with Gasteiger partial charge >= 0.3 is 5.97 Å². The highest BCUT2D eigenvalue weighted by atomic mass is 32.1. The van der Waals surface area contributed by atoms with E-state index in [4.69, 9.17) is 5.11 Å². The van der Waals surface area contributed by atoms with E-state index in [1.54, 1.807) is 11.3 Å². The van der Waals surface area contributed by atoms with E-state index in [1.807, 2.05) is 17.5 Å². The van der Waals surface area contributed by atoms with E-state index in [0.29, 0.717) is 5.69 Å².